The van der Waals surface area contributed by atoms with Gasteiger partial charge in [-0.2, -0.15) is 5.26 Å². The number of para-hydroxylation sites is 2. The highest BCUT2D eigenvalue weighted by molar-refractivity contribution is 5.56. The van der Waals surface area contributed by atoms with Gasteiger partial charge in [-0.15, -0.1) is 0 Å². The predicted molar refractivity (Wildman–Crippen MR) is 73.8 cm³/mol. The molecule has 0 atom stereocenters. The van der Waals surface area contributed by atoms with Crippen LogP contribution >= 0.6 is 0 Å². The number of hydrogen-bond acceptors (Lipinski definition) is 3. The molecule has 0 aliphatic carbocycles. The first-order valence-electron chi connectivity index (χ1n) is 5.62. The Hall–Kier alpha value is -2.73. The minimum atomic E-state index is 0.648. The average Bonchev–Trinajstić information content (AvgIpc) is 2.41. The molecule has 2 N–H and O–H groups in total. The van der Waals surface area contributed by atoms with Gasteiger partial charge in [-0.1, -0.05) is 36.4 Å². The third kappa shape index (κ3) is 3.39. The second-order valence-electron chi connectivity index (χ2n) is 3.67. The van der Waals surface area contributed by atoms with Crippen molar-refractivity contribution in [2.75, 3.05) is 10.6 Å². The number of nitriles is 1. The summed E-state index contributed by atoms with van der Waals surface area (Å²) in [4.78, 5) is 0. The molecule has 0 amide bonds. The van der Waals surface area contributed by atoms with E-state index < -0.39 is 0 Å². The molecular weight excluding hydrogens is 222 g/mol. The van der Waals surface area contributed by atoms with Crippen molar-refractivity contribution in [3.63, 3.8) is 0 Å². The minimum absolute atomic E-state index is 0.648. The SMILES string of the molecule is N#CC=C(Nc1ccccc1)Nc1ccccc1. The molecule has 2 rings (SSSR count). The van der Waals surface area contributed by atoms with E-state index in [1.165, 1.54) is 6.08 Å². The normalized spacial score (nSPS) is 9.06. The smallest absolute Gasteiger partial charge is 0.118 e. The van der Waals surface area contributed by atoms with Crippen LogP contribution in [0.1, 0.15) is 0 Å². The van der Waals surface area contributed by atoms with E-state index in [1.807, 2.05) is 66.7 Å². The summed E-state index contributed by atoms with van der Waals surface area (Å²) in [6.45, 7) is 0. The Kier molecular flexibility index (Phi) is 3.99. The number of nitrogens with zero attached hydrogens (tertiary/aromatic N) is 1. The highest BCUT2D eigenvalue weighted by Gasteiger charge is 1.98. The number of benzene rings is 2. The van der Waals surface area contributed by atoms with E-state index in [1.54, 1.807) is 0 Å². The van der Waals surface area contributed by atoms with Crippen molar-refractivity contribution in [3.05, 3.63) is 72.6 Å². The van der Waals surface area contributed by atoms with Crippen LogP contribution in [0.3, 0.4) is 0 Å². The Balaban J connectivity index is 2.11. The van der Waals surface area contributed by atoms with Crippen LogP contribution in [0.5, 0.6) is 0 Å². The summed E-state index contributed by atoms with van der Waals surface area (Å²) in [5.41, 5.74) is 1.87. The van der Waals surface area contributed by atoms with Crippen molar-refractivity contribution in [2.45, 2.75) is 0 Å². The zero-order valence-corrected chi connectivity index (χ0v) is 9.80. The average molecular weight is 235 g/mol. The van der Waals surface area contributed by atoms with Gasteiger partial charge in [0.25, 0.3) is 0 Å². The van der Waals surface area contributed by atoms with Gasteiger partial charge in [0.05, 0.1) is 12.1 Å². The predicted octanol–water partition coefficient (Wildman–Crippen LogP) is 3.58. The molecule has 0 heterocycles. The molecule has 2 aromatic carbocycles. The fourth-order valence-corrected chi connectivity index (χ4v) is 1.52. The van der Waals surface area contributed by atoms with Gasteiger partial charge in [-0.25, -0.2) is 0 Å². The van der Waals surface area contributed by atoms with E-state index in [9.17, 15) is 0 Å². The van der Waals surface area contributed by atoms with Crippen LogP contribution in [-0.4, -0.2) is 0 Å². The zero-order valence-electron chi connectivity index (χ0n) is 9.80. The van der Waals surface area contributed by atoms with Crippen LogP contribution in [0.25, 0.3) is 0 Å². The number of nitrogens with one attached hydrogen (secondary N) is 2. The molecule has 0 aliphatic heterocycles. The maximum Gasteiger partial charge on any atom is 0.118 e. The van der Waals surface area contributed by atoms with Crippen LogP contribution in [0.4, 0.5) is 11.4 Å². The van der Waals surface area contributed by atoms with Gasteiger partial charge in [0, 0.05) is 11.4 Å². The summed E-state index contributed by atoms with van der Waals surface area (Å²) in [5.74, 6) is 0.648. The van der Waals surface area contributed by atoms with Gasteiger partial charge >= 0.3 is 0 Å². The highest BCUT2D eigenvalue weighted by Crippen LogP contribution is 2.12. The maximum atomic E-state index is 8.79. The lowest BCUT2D eigenvalue weighted by molar-refractivity contribution is 1.36. The molecule has 3 heteroatoms. The van der Waals surface area contributed by atoms with E-state index in [-0.39, 0.29) is 0 Å². The fourth-order valence-electron chi connectivity index (χ4n) is 1.52. The number of hydrogen-bond donors (Lipinski definition) is 2. The molecule has 0 aliphatic rings. The molecule has 0 radical (unpaired) electrons. The van der Waals surface area contributed by atoms with Crippen LogP contribution in [0.15, 0.2) is 72.6 Å². The number of anilines is 2. The summed E-state index contributed by atoms with van der Waals surface area (Å²) in [5, 5.41) is 15.1. The van der Waals surface area contributed by atoms with Gasteiger partial charge in [0.2, 0.25) is 0 Å². The molecule has 0 spiro atoms. The van der Waals surface area contributed by atoms with Gasteiger partial charge in [0.1, 0.15) is 5.82 Å². The fraction of sp³-hybridized carbons (Fsp3) is 0. The van der Waals surface area contributed by atoms with Gasteiger partial charge in [0.15, 0.2) is 0 Å². The second-order valence-corrected chi connectivity index (χ2v) is 3.67. The quantitative estimate of drug-likeness (QED) is 0.796. The van der Waals surface area contributed by atoms with Gasteiger partial charge < -0.3 is 10.6 Å². The Morgan fingerprint density at radius 1 is 0.833 bits per heavy atom. The molecule has 0 saturated carbocycles. The number of rotatable bonds is 4. The molecule has 0 aromatic heterocycles. The van der Waals surface area contributed by atoms with E-state index >= 15 is 0 Å². The van der Waals surface area contributed by atoms with E-state index in [0.29, 0.717) is 5.82 Å². The molecule has 18 heavy (non-hydrogen) atoms. The standard InChI is InChI=1S/C15H13N3/c16-12-11-15(17-13-7-3-1-4-8-13)18-14-9-5-2-6-10-14/h1-11,17-18H. The third-order valence-corrected chi connectivity index (χ3v) is 2.31. The largest absolute Gasteiger partial charge is 0.341 e. The Labute approximate surface area is 106 Å². The number of allylic oxidation sites excluding steroid dienone is 1. The van der Waals surface area contributed by atoms with Crippen LogP contribution in [0.2, 0.25) is 0 Å². The lowest BCUT2D eigenvalue weighted by Crippen LogP contribution is -2.09. The molecule has 3 nitrogen and oxygen atoms in total. The summed E-state index contributed by atoms with van der Waals surface area (Å²) in [6.07, 6.45) is 1.44. The molecule has 0 bridgehead atoms. The van der Waals surface area contributed by atoms with E-state index in [0.717, 1.165) is 11.4 Å². The molecule has 0 fully saturated rings. The van der Waals surface area contributed by atoms with E-state index in [2.05, 4.69) is 10.6 Å². The zero-order chi connectivity index (χ0) is 12.6. The lowest BCUT2D eigenvalue weighted by Gasteiger charge is -2.12. The van der Waals surface area contributed by atoms with E-state index in [4.69, 9.17) is 5.26 Å². The first-order chi connectivity index (χ1) is 8.88. The van der Waals surface area contributed by atoms with Crippen molar-refractivity contribution >= 4 is 11.4 Å². The third-order valence-electron chi connectivity index (χ3n) is 2.31. The van der Waals surface area contributed by atoms with Crippen LogP contribution in [-0.2, 0) is 0 Å². The molecule has 0 saturated heterocycles. The lowest BCUT2D eigenvalue weighted by atomic mass is 10.3. The van der Waals surface area contributed by atoms with Crippen molar-refractivity contribution in [3.8, 4) is 6.07 Å². The summed E-state index contributed by atoms with van der Waals surface area (Å²) in [7, 11) is 0. The summed E-state index contributed by atoms with van der Waals surface area (Å²) >= 11 is 0. The Morgan fingerprint density at radius 3 is 1.67 bits per heavy atom. The second kappa shape index (κ2) is 6.12. The molecular formula is C15H13N3. The topological polar surface area (TPSA) is 47.9 Å². The molecule has 2 aromatic rings. The minimum Gasteiger partial charge on any atom is -0.341 e. The first kappa shape index (κ1) is 11.7. The highest BCUT2D eigenvalue weighted by atomic mass is 15.1. The van der Waals surface area contributed by atoms with Crippen molar-refractivity contribution in [1.29, 1.82) is 5.26 Å². The monoisotopic (exact) mass is 235 g/mol. The molecule has 0 unspecified atom stereocenters. The summed E-state index contributed by atoms with van der Waals surface area (Å²) < 4.78 is 0. The van der Waals surface area contributed by atoms with Crippen LogP contribution in [0, 0.1) is 11.3 Å². The van der Waals surface area contributed by atoms with Crippen molar-refractivity contribution < 1.29 is 0 Å². The van der Waals surface area contributed by atoms with Gasteiger partial charge in [-0.3, -0.25) is 0 Å². The van der Waals surface area contributed by atoms with Crippen molar-refractivity contribution in [1.82, 2.24) is 0 Å². The maximum absolute atomic E-state index is 8.79. The Bertz CT molecular complexity index is 510. The first-order valence-corrected chi connectivity index (χ1v) is 5.62. The molecule has 88 valence electrons. The van der Waals surface area contributed by atoms with Crippen LogP contribution < -0.4 is 10.6 Å². The van der Waals surface area contributed by atoms with Gasteiger partial charge in [-0.05, 0) is 24.3 Å². The van der Waals surface area contributed by atoms with Crippen molar-refractivity contribution in [2.24, 2.45) is 0 Å². The Morgan fingerprint density at radius 2 is 1.28 bits per heavy atom. The summed E-state index contributed by atoms with van der Waals surface area (Å²) in [6, 6.07) is 21.4.